The summed E-state index contributed by atoms with van der Waals surface area (Å²) in [7, 11) is 0. The van der Waals surface area contributed by atoms with Gasteiger partial charge in [-0.3, -0.25) is 19.3 Å². The highest BCUT2D eigenvalue weighted by Crippen LogP contribution is 2.32. The maximum absolute atomic E-state index is 12.1. The van der Waals surface area contributed by atoms with Gasteiger partial charge in [0.05, 0.1) is 12.1 Å². The van der Waals surface area contributed by atoms with Crippen LogP contribution in [-0.2, 0) is 19.2 Å². The third kappa shape index (κ3) is 4.00. The highest BCUT2D eigenvalue weighted by atomic mass is 16.5. The Hall–Kier alpha value is -3.10. The van der Waals surface area contributed by atoms with Crippen LogP contribution in [0.15, 0.2) is 18.2 Å². The van der Waals surface area contributed by atoms with E-state index in [2.05, 4.69) is 5.32 Å². The predicted molar refractivity (Wildman–Crippen MR) is 82.4 cm³/mol. The zero-order valence-corrected chi connectivity index (χ0v) is 12.9. The van der Waals surface area contributed by atoms with Crippen LogP contribution in [0.25, 0.3) is 0 Å². The molecule has 0 spiro atoms. The Kier molecular flexibility index (Phi) is 5.02. The summed E-state index contributed by atoms with van der Waals surface area (Å²) in [5.41, 5.74) is 6.31. The quantitative estimate of drug-likeness (QED) is 0.620. The smallest absolute Gasteiger partial charge is 0.326 e. The number of ether oxygens (including phenoxy) is 1. The maximum atomic E-state index is 12.1. The van der Waals surface area contributed by atoms with E-state index < -0.39 is 36.2 Å². The fourth-order valence-electron chi connectivity index (χ4n) is 2.27. The first-order valence-corrected chi connectivity index (χ1v) is 7.12. The molecular weight excluding hydrogens is 318 g/mol. The number of amides is 3. The highest BCUT2D eigenvalue weighted by molar-refractivity contribution is 6.02. The number of nitrogens with two attached hydrogens (primary N) is 1. The molecule has 0 saturated carbocycles. The zero-order valence-electron chi connectivity index (χ0n) is 12.9. The Morgan fingerprint density at radius 2 is 2.12 bits per heavy atom. The Bertz CT molecular complexity index is 702. The Morgan fingerprint density at radius 1 is 1.42 bits per heavy atom. The lowest BCUT2D eigenvalue weighted by atomic mass is 10.1. The van der Waals surface area contributed by atoms with Crippen LogP contribution in [0, 0.1) is 6.92 Å². The van der Waals surface area contributed by atoms with E-state index >= 15 is 0 Å². The normalized spacial score (nSPS) is 14.4. The van der Waals surface area contributed by atoms with Crippen LogP contribution in [0.3, 0.4) is 0 Å². The van der Waals surface area contributed by atoms with Crippen molar-refractivity contribution >= 4 is 29.4 Å². The molecule has 24 heavy (non-hydrogen) atoms. The van der Waals surface area contributed by atoms with Crippen molar-refractivity contribution in [3.63, 3.8) is 0 Å². The average molecular weight is 335 g/mol. The molecule has 9 heteroatoms. The lowest BCUT2D eigenvalue weighted by molar-refractivity contribution is -0.143. The van der Waals surface area contributed by atoms with Gasteiger partial charge in [0, 0.05) is 0 Å². The summed E-state index contributed by atoms with van der Waals surface area (Å²) < 4.78 is 5.32. The van der Waals surface area contributed by atoms with Gasteiger partial charge >= 0.3 is 5.97 Å². The molecule has 0 bridgehead atoms. The lowest BCUT2D eigenvalue weighted by Gasteiger charge is -2.29. The molecule has 0 aromatic heterocycles. The van der Waals surface area contributed by atoms with Gasteiger partial charge in [0.1, 0.15) is 18.3 Å². The van der Waals surface area contributed by atoms with E-state index in [1.165, 1.54) is 4.90 Å². The Morgan fingerprint density at radius 3 is 2.75 bits per heavy atom. The van der Waals surface area contributed by atoms with Crippen molar-refractivity contribution in [3.8, 4) is 5.75 Å². The number of carboxylic acid groups (broad SMARTS) is 1. The van der Waals surface area contributed by atoms with Gasteiger partial charge in [-0.25, -0.2) is 4.79 Å². The molecule has 1 atom stereocenters. The average Bonchev–Trinajstić information content (AvgIpc) is 2.49. The van der Waals surface area contributed by atoms with Gasteiger partial charge in [-0.1, -0.05) is 6.07 Å². The summed E-state index contributed by atoms with van der Waals surface area (Å²) in [4.78, 5) is 47.2. The number of nitrogens with one attached hydrogen (secondary N) is 1. The number of aryl methyl sites for hydroxylation is 1. The molecule has 1 aliphatic rings. The molecule has 0 saturated heterocycles. The summed E-state index contributed by atoms with van der Waals surface area (Å²) in [6.07, 6.45) is -0.534. The van der Waals surface area contributed by atoms with Crippen LogP contribution < -0.4 is 20.7 Å². The van der Waals surface area contributed by atoms with E-state index in [-0.39, 0.29) is 13.2 Å². The van der Waals surface area contributed by atoms with Crippen LogP contribution in [0.5, 0.6) is 5.75 Å². The molecule has 1 heterocycles. The predicted octanol–water partition coefficient (Wildman–Crippen LogP) is -0.835. The van der Waals surface area contributed by atoms with Crippen molar-refractivity contribution in [2.45, 2.75) is 19.4 Å². The molecule has 3 amide bonds. The minimum Gasteiger partial charge on any atom is -0.482 e. The Balaban J connectivity index is 2.12. The van der Waals surface area contributed by atoms with E-state index in [9.17, 15) is 19.2 Å². The second-order valence-corrected chi connectivity index (χ2v) is 5.37. The SMILES string of the molecule is Cc1ccc2c(c1)OCC(=O)N2CC(=O)NC(CC(N)=O)C(=O)O. The van der Waals surface area contributed by atoms with Gasteiger partial charge in [-0.05, 0) is 24.6 Å². The molecule has 1 aromatic carbocycles. The van der Waals surface area contributed by atoms with Gasteiger partial charge in [0.15, 0.2) is 6.61 Å². The number of carbonyl (C=O) groups is 4. The number of primary amides is 1. The van der Waals surface area contributed by atoms with Gasteiger partial charge in [-0.15, -0.1) is 0 Å². The molecule has 0 aliphatic carbocycles. The molecule has 1 aliphatic heterocycles. The van der Waals surface area contributed by atoms with Crippen LogP contribution >= 0.6 is 0 Å². The number of fused-ring (bicyclic) bond motifs is 1. The summed E-state index contributed by atoms with van der Waals surface area (Å²) >= 11 is 0. The van der Waals surface area contributed by atoms with Crippen molar-refractivity contribution in [3.05, 3.63) is 23.8 Å². The minimum atomic E-state index is -1.44. The van der Waals surface area contributed by atoms with Gasteiger partial charge in [0.2, 0.25) is 11.8 Å². The molecular formula is C15H17N3O6. The van der Waals surface area contributed by atoms with Crippen LogP contribution in [0.4, 0.5) is 5.69 Å². The number of carbonyl (C=O) groups excluding carboxylic acids is 3. The number of benzene rings is 1. The van der Waals surface area contributed by atoms with Gasteiger partial charge in [-0.2, -0.15) is 0 Å². The van der Waals surface area contributed by atoms with Crippen LogP contribution in [0.1, 0.15) is 12.0 Å². The van der Waals surface area contributed by atoms with Crippen molar-refractivity contribution in [1.82, 2.24) is 5.32 Å². The van der Waals surface area contributed by atoms with E-state index in [4.69, 9.17) is 15.6 Å². The third-order valence-corrected chi connectivity index (χ3v) is 3.40. The molecule has 9 nitrogen and oxygen atoms in total. The molecule has 128 valence electrons. The summed E-state index contributed by atoms with van der Waals surface area (Å²) in [5, 5.41) is 11.2. The van der Waals surface area contributed by atoms with Crippen LogP contribution in [0.2, 0.25) is 0 Å². The number of rotatable bonds is 6. The second kappa shape index (κ2) is 6.99. The van der Waals surface area contributed by atoms with E-state index in [1.807, 2.05) is 6.92 Å². The number of nitrogens with zero attached hydrogens (tertiary/aromatic N) is 1. The first kappa shape index (κ1) is 17.3. The van der Waals surface area contributed by atoms with Gasteiger partial charge < -0.3 is 20.9 Å². The minimum absolute atomic E-state index is 0.215. The number of carboxylic acids is 1. The number of hydrogen-bond acceptors (Lipinski definition) is 5. The number of aliphatic carboxylic acids is 1. The van der Waals surface area contributed by atoms with Crippen LogP contribution in [-0.4, -0.2) is 48.0 Å². The standard InChI is InChI=1S/C15H17N3O6/c1-8-2-3-10-11(4-8)24-7-14(21)18(10)6-13(20)17-9(15(22)23)5-12(16)19/h2-4,9H,5-7H2,1H3,(H2,16,19)(H,17,20)(H,22,23). The maximum Gasteiger partial charge on any atom is 0.326 e. The third-order valence-electron chi connectivity index (χ3n) is 3.40. The molecule has 2 rings (SSSR count). The first-order chi connectivity index (χ1) is 11.3. The Labute approximate surface area is 137 Å². The number of anilines is 1. The zero-order chi connectivity index (χ0) is 17.9. The van der Waals surface area contributed by atoms with Crippen molar-refractivity contribution in [2.24, 2.45) is 5.73 Å². The molecule has 0 fully saturated rings. The fourth-order valence-corrected chi connectivity index (χ4v) is 2.27. The molecule has 4 N–H and O–H groups in total. The van der Waals surface area contributed by atoms with Crippen molar-refractivity contribution in [2.75, 3.05) is 18.1 Å². The summed E-state index contributed by atoms with van der Waals surface area (Å²) in [6.45, 7) is 1.26. The molecule has 1 unspecified atom stereocenters. The fraction of sp³-hybridized carbons (Fsp3) is 0.333. The number of hydrogen-bond donors (Lipinski definition) is 3. The van der Waals surface area contributed by atoms with E-state index in [0.29, 0.717) is 11.4 Å². The second-order valence-electron chi connectivity index (χ2n) is 5.37. The van der Waals surface area contributed by atoms with Gasteiger partial charge in [0.25, 0.3) is 5.91 Å². The summed E-state index contributed by atoms with van der Waals surface area (Å²) in [6, 6.07) is 3.70. The largest absolute Gasteiger partial charge is 0.482 e. The summed E-state index contributed by atoms with van der Waals surface area (Å²) in [5.74, 6) is -2.92. The molecule has 1 aromatic rings. The first-order valence-electron chi connectivity index (χ1n) is 7.12. The lowest BCUT2D eigenvalue weighted by Crippen LogP contribution is -2.50. The van der Waals surface area contributed by atoms with Crippen molar-refractivity contribution in [1.29, 1.82) is 0 Å². The molecule has 0 radical (unpaired) electrons. The van der Waals surface area contributed by atoms with E-state index in [1.54, 1.807) is 18.2 Å². The topological polar surface area (TPSA) is 139 Å². The highest BCUT2D eigenvalue weighted by Gasteiger charge is 2.29. The van der Waals surface area contributed by atoms with E-state index in [0.717, 1.165) is 5.56 Å². The monoisotopic (exact) mass is 335 g/mol. The van der Waals surface area contributed by atoms with Crippen molar-refractivity contribution < 1.29 is 29.0 Å².